The Morgan fingerprint density at radius 2 is 1.25 bits per heavy atom. The van der Waals surface area contributed by atoms with E-state index in [1.165, 1.54) is 11.5 Å². The van der Waals surface area contributed by atoms with E-state index in [4.69, 9.17) is 0 Å². The minimum Gasteiger partial charge on any atom is -0.358 e. The van der Waals surface area contributed by atoms with Crippen LogP contribution < -0.4 is 0 Å². The van der Waals surface area contributed by atoms with Crippen molar-refractivity contribution in [2.75, 3.05) is 20.0 Å². The van der Waals surface area contributed by atoms with Crippen LogP contribution in [0.5, 0.6) is 0 Å². The van der Waals surface area contributed by atoms with Crippen LogP contribution in [-0.2, 0) is 20.1 Å². The number of fused-ring (bicyclic) bond motifs is 1. The number of hydrogen-bond acceptors (Lipinski definition) is 0. The van der Waals surface area contributed by atoms with Gasteiger partial charge in [-0.3, -0.25) is 0 Å². The van der Waals surface area contributed by atoms with Gasteiger partial charge in [0, 0.05) is 26.0 Å². The first kappa shape index (κ1) is 21.3. The number of allylic oxidation sites excluding steroid dienone is 8. The van der Waals surface area contributed by atoms with Gasteiger partial charge in [-0.15, -0.1) is 7.92 Å². The van der Waals surface area contributed by atoms with Gasteiger partial charge in [0.15, 0.2) is 0 Å². The van der Waals surface area contributed by atoms with E-state index in [1.807, 2.05) is 0 Å². The van der Waals surface area contributed by atoms with Crippen molar-refractivity contribution in [3.8, 4) is 0 Å². The third-order valence-electron chi connectivity index (χ3n) is 1.55. The average Bonchev–Trinajstić information content (AvgIpc) is 2.49. The molecule has 0 aromatic heterocycles. The van der Waals surface area contributed by atoms with Gasteiger partial charge in [0.1, 0.15) is 0 Å². The second-order valence-electron chi connectivity index (χ2n) is 3.50. The Hall–Kier alpha value is 0.0394. The third-order valence-corrected chi connectivity index (χ3v) is 1.55. The van der Waals surface area contributed by atoms with Crippen molar-refractivity contribution in [1.29, 1.82) is 0 Å². The minimum absolute atomic E-state index is 0. The van der Waals surface area contributed by atoms with Crippen LogP contribution in [0.2, 0.25) is 0 Å². The van der Waals surface area contributed by atoms with E-state index < -0.39 is 0 Å². The molecule has 0 bridgehead atoms. The first-order valence-electron chi connectivity index (χ1n) is 4.41. The number of hydrogen-bond donors (Lipinski definition) is 0. The molecule has 0 amide bonds. The molecule has 0 atom stereocenters. The molecule has 2 aliphatic carbocycles. The van der Waals surface area contributed by atoms with Crippen LogP contribution in [0.4, 0.5) is 0 Å². The molecule has 0 aromatic rings. The summed E-state index contributed by atoms with van der Waals surface area (Å²) in [6.45, 7) is 6.69. The molecule has 0 fully saturated rings. The minimum atomic E-state index is 0. The van der Waals surface area contributed by atoms with Crippen LogP contribution in [0.25, 0.3) is 0 Å². The zero-order chi connectivity index (χ0) is 9.68. The molecular weight excluding hydrogens is 391 g/mol. The molecular formula is C14H22IrP-2. The van der Waals surface area contributed by atoms with Gasteiger partial charge < -0.3 is 14.9 Å². The zero-order valence-corrected chi connectivity index (χ0v) is 14.1. The Morgan fingerprint density at radius 3 is 1.75 bits per heavy atom. The van der Waals surface area contributed by atoms with Crippen molar-refractivity contribution in [3.63, 3.8) is 0 Å². The molecule has 0 aliphatic heterocycles. The summed E-state index contributed by atoms with van der Waals surface area (Å²) in [6, 6.07) is 0. The maximum atomic E-state index is 2.23. The quantitative estimate of drug-likeness (QED) is 0.407. The van der Waals surface area contributed by atoms with Gasteiger partial charge in [-0.05, 0) is 25.6 Å². The van der Waals surface area contributed by atoms with Crippen molar-refractivity contribution in [3.05, 3.63) is 68.9 Å². The van der Waals surface area contributed by atoms with Crippen LogP contribution in [0.15, 0.2) is 48.1 Å². The summed E-state index contributed by atoms with van der Waals surface area (Å²) in [7, 11) is 0.380. The van der Waals surface area contributed by atoms with Crippen LogP contribution in [-0.4, -0.2) is 20.0 Å². The Labute approximate surface area is 117 Å². The van der Waals surface area contributed by atoms with Crippen molar-refractivity contribution >= 4 is 7.92 Å². The summed E-state index contributed by atoms with van der Waals surface area (Å²) in [6.07, 6.45) is 14.7. The maximum Gasteiger partial charge on any atom is 0.0485 e. The van der Waals surface area contributed by atoms with Gasteiger partial charge in [0.25, 0.3) is 0 Å². The van der Waals surface area contributed by atoms with Crippen molar-refractivity contribution in [2.24, 2.45) is 0 Å². The fraction of sp³-hybridized carbons (Fsp3) is 0.214. The second kappa shape index (κ2) is 11.5. The molecule has 0 nitrogen and oxygen atoms in total. The molecule has 2 heteroatoms. The van der Waals surface area contributed by atoms with Crippen LogP contribution in [0, 0.1) is 20.8 Å². The van der Waals surface area contributed by atoms with E-state index in [1.54, 1.807) is 0 Å². The Bertz CT molecular complexity index is 270. The van der Waals surface area contributed by atoms with E-state index in [0.29, 0.717) is 7.92 Å². The summed E-state index contributed by atoms with van der Waals surface area (Å²) >= 11 is 0. The Kier molecular flexibility index (Phi) is 15.4. The van der Waals surface area contributed by atoms with E-state index in [9.17, 15) is 0 Å². The fourth-order valence-corrected chi connectivity index (χ4v) is 1.07. The SMILES string of the molecule is C1=C[C]2C=CC=C2C=C1.CP(C)C.[CH3-].[CH3-].[Ir]. The molecule has 2 radical (unpaired) electrons. The molecule has 16 heavy (non-hydrogen) atoms. The molecule has 0 saturated carbocycles. The third kappa shape index (κ3) is 8.22. The normalized spacial score (nSPS) is 14.9. The van der Waals surface area contributed by atoms with E-state index in [2.05, 4.69) is 62.5 Å². The predicted molar refractivity (Wildman–Crippen MR) is 76.3 cm³/mol. The van der Waals surface area contributed by atoms with Crippen LogP contribution >= 0.6 is 7.92 Å². The summed E-state index contributed by atoms with van der Waals surface area (Å²) in [4.78, 5) is 0. The largest absolute Gasteiger partial charge is 0.358 e. The van der Waals surface area contributed by atoms with Crippen LogP contribution in [0.3, 0.4) is 0 Å². The van der Waals surface area contributed by atoms with Crippen molar-refractivity contribution in [1.82, 2.24) is 0 Å². The molecule has 0 unspecified atom stereocenters. The van der Waals surface area contributed by atoms with Gasteiger partial charge in [-0.25, -0.2) is 0 Å². The predicted octanol–water partition coefficient (Wildman–Crippen LogP) is 4.44. The van der Waals surface area contributed by atoms with Gasteiger partial charge in [-0.1, -0.05) is 42.5 Å². The summed E-state index contributed by atoms with van der Waals surface area (Å²) in [5, 5.41) is 0. The van der Waals surface area contributed by atoms with E-state index in [0.717, 1.165) is 0 Å². The van der Waals surface area contributed by atoms with Gasteiger partial charge in [0.05, 0.1) is 0 Å². The zero-order valence-electron chi connectivity index (χ0n) is 10.8. The molecule has 0 aromatic carbocycles. The maximum absolute atomic E-state index is 2.23. The first-order valence-corrected chi connectivity index (χ1v) is 7.10. The monoisotopic (exact) mass is 414 g/mol. The van der Waals surface area contributed by atoms with Gasteiger partial charge in [0.2, 0.25) is 0 Å². The molecule has 0 saturated heterocycles. The standard InChI is InChI=1S/C9H7.C3H9P.2CH3.Ir/c1-2-5-9-7-3-6-8(9)4-1;1-4(2)3;;;/h1-7H;1-3H3;2*1H3;/q;;2*-1;. The fourth-order valence-electron chi connectivity index (χ4n) is 1.07. The smallest absolute Gasteiger partial charge is 0.0485 e. The van der Waals surface area contributed by atoms with Crippen LogP contribution in [0.1, 0.15) is 0 Å². The Morgan fingerprint density at radius 1 is 0.812 bits per heavy atom. The van der Waals surface area contributed by atoms with Gasteiger partial charge >= 0.3 is 0 Å². The van der Waals surface area contributed by atoms with Crippen molar-refractivity contribution < 1.29 is 20.1 Å². The van der Waals surface area contributed by atoms with Gasteiger partial charge in [-0.2, -0.15) is 0 Å². The molecule has 94 valence electrons. The summed E-state index contributed by atoms with van der Waals surface area (Å²) in [5.74, 6) is 1.33. The molecule has 0 heterocycles. The van der Waals surface area contributed by atoms with E-state index in [-0.39, 0.29) is 35.0 Å². The second-order valence-corrected chi connectivity index (χ2v) is 6.18. The molecule has 0 spiro atoms. The van der Waals surface area contributed by atoms with E-state index >= 15 is 0 Å². The first-order chi connectivity index (χ1) is 6.20. The molecule has 2 rings (SSSR count). The Balaban J connectivity index is -0.000000218. The summed E-state index contributed by atoms with van der Waals surface area (Å²) in [5.41, 5.74) is 1.33. The summed E-state index contributed by atoms with van der Waals surface area (Å²) < 4.78 is 0. The molecule has 0 N–H and O–H groups in total. The molecule has 2 aliphatic rings. The number of rotatable bonds is 0. The van der Waals surface area contributed by atoms with Crippen molar-refractivity contribution in [2.45, 2.75) is 0 Å². The topological polar surface area (TPSA) is 0 Å². The average molecular weight is 414 g/mol.